The van der Waals surface area contributed by atoms with Crippen LogP contribution in [0.25, 0.3) is 11.1 Å². The van der Waals surface area contributed by atoms with E-state index in [1.807, 2.05) is 30.3 Å². The number of rotatable bonds is 5. The van der Waals surface area contributed by atoms with E-state index >= 15 is 0 Å². The smallest absolute Gasteiger partial charge is 0.414 e. The molecule has 0 saturated carbocycles. The average molecular weight is 392 g/mol. The lowest BCUT2D eigenvalue weighted by Crippen LogP contribution is -2.35. The van der Waals surface area contributed by atoms with Crippen molar-refractivity contribution in [2.45, 2.75) is 5.92 Å². The molecule has 5 heteroatoms. The van der Waals surface area contributed by atoms with Crippen LogP contribution in [0.2, 0.25) is 0 Å². The van der Waals surface area contributed by atoms with Crippen molar-refractivity contribution < 1.29 is 14.3 Å². The molecule has 0 bridgehead atoms. The molecule has 1 aliphatic rings. The highest BCUT2D eigenvalue weighted by Crippen LogP contribution is 2.44. The minimum Gasteiger partial charge on any atom is -0.448 e. The van der Waals surface area contributed by atoms with Crippen LogP contribution < -0.4 is 4.90 Å². The number of hydrogen-bond acceptors (Lipinski definition) is 3. The Kier molecular flexibility index (Phi) is 5.13. The fourth-order valence-corrected chi connectivity index (χ4v) is 3.78. The van der Waals surface area contributed by atoms with Crippen molar-refractivity contribution >= 4 is 28.6 Å². The van der Waals surface area contributed by atoms with Gasteiger partial charge >= 0.3 is 6.09 Å². The van der Waals surface area contributed by atoms with Crippen LogP contribution in [-0.4, -0.2) is 24.5 Å². The van der Waals surface area contributed by atoms with Gasteiger partial charge in [0.15, 0.2) is 0 Å². The summed E-state index contributed by atoms with van der Waals surface area (Å²) < 4.78 is 5.63. The van der Waals surface area contributed by atoms with E-state index in [4.69, 9.17) is 16.3 Å². The molecular weight excluding hydrogens is 374 g/mol. The Morgan fingerprint density at radius 2 is 1.36 bits per heavy atom. The van der Waals surface area contributed by atoms with Crippen LogP contribution in [0.5, 0.6) is 0 Å². The number of nitrogens with zero attached hydrogens (tertiary/aromatic N) is 1. The molecule has 4 rings (SSSR count). The lowest BCUT2D eigenvalue weighted by atomic mass is 9.98. The fourth-order valence-electron chi connectivity index (χ4n) is 3.67. The topological polar surface area (TPSA) is 46.6 Å². The maximum Gasteiger partial charge on any atom is 0.414 e. The van der Waals surface area contributed by atoms with Crippen LogP contribution in [0.15, 0.2) is 78.9 Å². The molecule has 0 unspecified atom stereocenters. The standard InChI is InChI=1S/C23H18ClNO3/c24-22(26)14-25(16-8-2-1-3-9-16)23(27)28-15-21-19-12-6-4-10-17(19)18-11-5-7-13-20(18)21/h1-13,21H,14-15H2. The number of anilines is 1. The fraction of sp³-hybridized carbons (Fsp3) is 0.130. The zero-order valence-corrected chi connectivity index (χ0v) is 15.8. The Balaban J connectivity index is 1.56. The normalized spacial score (nSPS) is 12.2. The number of amides is 1. The number of halogens is 1. The van der Waals surface area contributed by atoms with Crippen molar-refractivity contribution in [3.63, 3.8) is 0 Å². The molecule has 28 heavy (non-hydrogen) atoms. The highest BCUT2D eigenvalue weighted by atomic mass is 35.5. The Hall–Kier alpha value is -3.11. The first-order valence-electron chi connectivity index (χ1n) is 9.01. The number of carbonyl (C=O) groups excluding carboxylic acids is 2. The quantitative estimate of drug-likeness (QED) is 0.561. The number of ether oxygens (including phenoxy) is 1. The van der Waals surface area contributed by atoms with Gasteiger partial charge in [-0.2, -0.15) is 0 Å². The molecule has 0 N–H and O–H groups in total. The van der Waals surface area contributed by atoms with Gasteiger partial charge in [0.05, 0.1) is 0 Å². The predicted octanol–water partition coefficient (Wildman–Crippen LogP) is 5.21. The molecule has 3 aromatic carbocycles. The Morgan fingerprint density at radius 3 is 1.93 bits per heavy atom. The molecule has 140 valence electrons. The molecular formula is C23H18ClNO3. The summed E-state index contributed by atoms with van der Waals surface area (Å²) >= 11 is 5.54. The molecule has 3 aromatic rings. The van der Waals surface area contributed by atoms with Crippen molar-refractivity contribution in [1.29, 1.82) is 0 Å². The Labute approximate surface area is 168 Å². The van der Waals surface area contributed by atoms with Crippen LogP contribution in [0.3, 0.4) is 0 Å². The number of hydrogen-bond donors (Lipinski definition) is 0. The third-order valence-corrected chi connectivity index (χ3v) is 5.03. The van der Waals surface area contributed by atoms with Gasteiger partial charge in [-0.15, -0.1) is 0 Å². The maximum atomic E-state index is 12.8. The van der Waals surface area contributed by atoms with Crippen LogP contribution in [-0.2, 0) is 9.53 Å². The largest absolute Gasteiger partial charge is 0.448 e. The minimum atomic E-state index is -0.627. The third-order valence-electron chi connectivity index (χ3n) is 4.91. The Morgan fingerprint density at radius 1 is 0.821 bits per heavy atom. The third kappa shape index (κ3) is 3.51. The van der Waals surface area contributed by atoms with E-state index in [0.29, 0.717) is 5.69 Å². The zero-order chi connectivity index (χ0) is 19.5. The molecule has 0 aromatic heterocycles. The van der Waals surface area contributed by atoms with Crippen molar-refractivity contribution in [2.75, 3.05) is 18.1 Å². The van der Waals surface area contributed by atoms with Gasteiger partial charge in [0.1, 0.15) is 13.2 Å². The van der Waals surface area contributed by atoms with E-state index in [1.54, 1.807) is 24.3 Å². The van der Waals surface area contributed by atoms with Gasteiger partial charge in [-0.25, -0.2) is 4.79 Å². The highest BCUT2D eigenvalue weighted by Gasteiger charge is 2.30. The van der Waals surface area contributed by atoms with Gasteiger partial charge in [0.2, 0.25) is 5.24 Å². The van der Waals surface area contributed by atoms with E-state index in [9.17, 15) is 9.59 Å². The molecule has 0 fully saturated rings. The summed E-state index contributed by atoms with van der Waals surface area (Å²) in [6.45, 7) is -0.0606. The second-order valence-corrected chi connectivity index (χ2v) is 7.00. The number of para-hydroxylation sites is 1. The molecule has 0 heterocycles. The lowest BCUT2D eigenvalue weighted by Gasteiger charge is -2.22. The summed E-state index contributed by atoms with van der Waals surface area (Å²) in [5.41, 5.74) is 5.16. The molecule has 0 atom stereocenters. The molecule has 0 spiro atoms. The molecule has 4 nitrogen and oxygen atoms in total. The first-order chi connectivity index (χ1) is 13.6. The first-order valence-corrected chi connectivity index (χ1v) is 9.39. The van der Waals surface area contributed by atoms with Crippen molar-refractivity contribution in [1.82, 2.24) is 0 Å². The van der Waals surface area contributed by atoms with Gasteiger partial charge in [-0.1, -0.05) is 66.7 Å². The van der Waals surface area contributed by atoms with E-state index in [2.05, 4.69) is 24.3 Å². The second-order valence-electron chi connectivity index (χ2n) is 6.58. The molecule has 0 aliphatic heterocycles. The van der Waals surface area contributed by atoms with E-state index in [1.165, 1.54) is 4.90 Å². The average Bonchev–Trinajstić information content (AvgIpc) is 3.05. The Bertz CT molecular complexity index is 974. The minimum absolute atomic E-state index is 0.0410. The molecule has 0 saturated heterocycles. The SMILES string of the molecule is O=C(Cl)CN(C(=O)OCC1c2ccccc2-c2ccccc21)c1ccccc1. The zero-order valence-electron chi connectivity index (χ0n) is 15.0. The van der Waals surface area contributed by atoms with E-state index < -0.39 is 11.3 Å². The molecule has 1 aliphatic carbocycles. The van der Waals surface area contributed by atoms with Gasteiger partial charge < -0.3 is 4.74 Å². The summed E-state index contributed by atoms with van der Waals surface area (Å²) in [5, 5.41) is -0.627. The van der Waals surface area contributed by atoms with Crippen molar-refractivity contribution in [3.8, 4) is 11.1 Å². The van der Waals surface area contributed by atoms with Gasteiger partial charge in [0, 0.05) is 11.6 Å². The van der Waals surface area contributed by atoms with Gasteiger partial charge in [-0.3, -0.25) is 9.69 Å². The van der Waals surface area contributed by atoms with Gasteiger partial charge in [-0.05, 0) is 46.0 Å². The number of fused-ring (bicyclic) bond motifs is 3. The molecule has 0 radical (unpaired) electrons. The number of benzene rings is 3. The van der Waals surface area contributed by atoms with E-state index in [-0.39, 0.29) is 19.1 Å². The predicted molar refractivity (Wildman–Crippen MR) is 110 cm³/mol. The summed E-state index contributed by atoms with van der Waals surface area (Å²) in [4.78, 5) is 25.4. The van der Waals surface area contributed by atoms with Crippen molar-refractivity contribution in [3.05, 3.63) is 90.0 Å². The van der Waals surface area contributed by atoms with Crippen LogP contribution >= 0.6 is 11.6 Å². The van der Waals surface area contributed by atoms with Gasteiger partial charge in [0.25, 0.3) is 0 Å². The monoisotopic (exact) mass is 391 g/mol. The summed E-state index contributed by atoms with van der Waals surface area (Å²) in [6, 6.07) is 25.2. The molecule has 1 amide bonds. The van der Waals surface area contributed by atoms with Crippen LogP contribution in [0.1, 0.15) is 17.0 Å². The van der Waals surface area contributed by atoms with E-state index in [0.717, 1.165) is 22.3 Å². The summed E-state index contributed by atoms with van der Waals surface area (Å²) in [6.07, 6.45) is -0.595. The van der Waals surface area contributed by atoms with Crippen LogP contribution in [0, 0.1) is 0 Å². The first kappa shape index (κ1) is 18.3. The maximum absolute atomic E-state index is 12.8. The lowest BCUT2D eigenvalue weighted by molar-refractivity contribution is -0.110. The summed E-state index contributed by atoms with van der Waals surface area (Å²) in [7, 11) is 0. The van der Waals surface area contributed by atoms with Crippen LogP contribution in [0.4, 0.5) is 10.5 Å². The van der Waals surface area contributed by atoms with Crippen molar-refractivity contribution in [2.24, 2.45) is 0 Å². The highest BCUT2D eigenvalue weighted by molar-refractivity contribution is 6.64. The summed E-state index contributed by atoms with van der Waals surface area (Å²) in [5.74, 6) is -0.0410. The number of carbonyl (C=O) groups is 2. The second kappa shape index (κ2) is 7.87.